The molecule has 0 bridgehead atoms. The van der Waals surface area contributed by atoms with Gasteiger partial charge >= 0.3 is 0 Å². The number of aliphatic imine (C=N–C) groups is 1. The molecule has 0 spiro atoms. The van der Waals surface area contributed by atoms with E-state index in [-0.39, 0.29) is 24.0 Å². The van der Waals surface area contributed by atoms with Crippen LogP contribution in [-0.2, 0) is 12.8 Å². The molecule has 3 aromatic rings. The minimum Gasteiger partial charge on any atom is -0.356 e. The number of halogens is 1. The molecular formula is C18H24IN7. The first-order valence-electron chi connectivity index (χ1n) is 8.50. The predicted molar refractivity (Wildman–Crippen MR) is 114 cm³/mol. The number of aryl methyl sites for hydroxylation is 1. The van der Waals surface area contributed by atoms with E-state index in [9.17, 15) is 0 Å². The molecule has 3 rings (SSSR count). The summed E-state index contributed by atoms with van der Waals surface area (Å²) >= 11 is 0. The van der Waals surface area contributed by atoms with E-state index in [2.05, 4.69) is 30.8 Å². The number of rotatable bonds is 7. The van der Waals surface area contributed by atoms with Crippen LogP contribution in [0.4, 0.5) is 0 Å². The van der Waals surface area contributed by atoms with Crippen molar-refractivity contribution in [2.45, 2.75) is 19.3 Å². The molecule has 0 aliphatic carbocycles. The summed E-state index contributed by atoms with van der Waals surface area (Å²) in [6.45, 7) is 1.62. The second-order valence-corrected chi connectivity index (χ2v) is 5.65. The van der Waals surface area contributed by atoms with Gasteiger partial charge in [0.25, 0.3) is 0 Å². The van der Waals surface area contributed by atoms with Gasteiger partial charge in [-0.3, -0.25) is 14.4 Å². The van der Waals surface area contributed by atoms with Crippen LogP contribution in [0.2, 0.25) is 0 Å². The standard InChI is InChI=1S/C18H23N7.HI/c1-19-18(22-13-10-15-7-2-4-11-20-15)21-12-6-9-17-24-23-16-8-3-5-14-25(16)17;/h2-5,7-8,11,14H,6,9-10,12-13H2,1H3,(H2,19,21,22);1H. The maximum atomic E-state index is 4.31. The average molecular weight is 465 g/mol. The van der Waals surface area contributed by atoms with Gasteiger partial charge in [0.15, 0.2) is 11.6 Å². The molecule has 2 N–H and O–H groups in total. The van der Waals surface area contributed by atoms with Crippen molar-refractivity contribution in [1.29, 1.82) is 0 Å². The summed E-state index contributed by atoms with van der Waals surface area (Å²) < 4.78 is 2.03. The van der Waals surface area contributed by atoms with Crippen LogP contribution in [0.25, 0.3) is 5.65 Å². The minimum atomic E-state index is 0. The number of hydrogen-bond acceptors (Lipinski definition) is 4. The Labute approximate surface area is 170 Å². The fourth-order valence-electron chi connectivity index (χ4n) is 2.59. The highest BCUT2D eigenvalue weighted by atomic mass is 127. The molecule has 0 radical (unpaired) electrons. The van der Waals surface area contributed by atoms with Gasteiger partial charge in [-0.2, -0.15) is 0 Å². The van der Waals surface area contributed by atoms with Gasteiger partial charge in [-0.1, -0.05) is 12.1 Å². The van der Waals surface area contributed by atoms with Crippen molar-refractivity contribution in [2.24, 2.45) is 4.99 Å². The third kappa shape index (κ3) is 5.65. The van der Waals surface area contributed by atoms with Crippen LogP contribution >= 0.6 is 24.0 Å². The van der Waals surface area contributed by atoms with E-state index in [0.29, 0.717) is 0 Å². The van der Waals surface area contributed by atoms with E-state index >= 15 is 0 Å². The molecule has 0 aliphatic heterocycles. The number of guanidine groups is 1. The first-order valence-corrected chi connectivity index (χ1v) is 8.50. The molecule has 3 heterocycles. The van der Waals surface area contributed by atoms with Crippen molar-refractivity contribution >= 4 is 35.6 Å². The number of pyridine rings is 2. The van der Waals surface area contributed by atoms with Crippen molar-refractivity contribution in [3.8, 4) is 0 Å². The van der Waals surface area contributed by atoms with Crippen LogP contribution < -0.4 is 10.6 Å². The van der Waals surface area contributed by atoms with Crippen LogP contribution in [0, 0.1) is 0 Å². The summed E-state index contributed by atoms with van der Waals surface area (Å²) in [5.41, 5.74) is 1.96. The van der Waals surface area contributed by atoms with Gasteiger partial charge in [0, 0.05) is 51.1 Å². The van der Waals surface area contributed by atoms with Gasteiger partial charge in [-0.15, -0.1) is 34.2 Å². The Bertz CT molecular complexity index is 817. The second kappa shape index (κ2) is 10.7. The first-order chi connectivity index (χ1) is 12.4. The topological polar surface area (TPSA) is 79.5 Å². The number of nitrogens with one attached hydrogen (secondary N) is 2. The van der Waals surface area contributed by atoms with Gasteiger partial charge in [-0.25, -0.2) is 0 Å². The molecule has 0 amide bonds. The van der Waals surface area contributed by atoms with Crippen LogP contribution in [0.1, 0.15) is 17.9 Å². The maximum absolute atomic E-state index is 4.31. The average Bonchev–Trinajstić information content (AvgIpc) is 3.08. The molecule has 0 saturated heterocycles. The van der Waals surface area contributed by atoms with Crippen LogP contribution in [0.3, 0.4) is 0 Å². The summed E-state index contributed by atoms with van der Waals surface area (Å²) in [6.07, 6.45) is 6.50. The minimum absolute atomic E-state index is 0. The van der Waals surface area contributed by atoms with Gasteiger partial charge < -0.3 is 10.6 Å². The summed E-state index contributed by atoms with van der Waals surface area (Å²) in [5.74, 6) is 1.79. The smallest absolute Gasteiger partial charge is 0.190 e. The Hall–Kier alpha value is -2.23. The molecule has 0 saturated carbocycles. The summed E-state index contributed by atoms with van der Waals surface area (Å²) in [5, 5.41) is 15.1. The monoisotopic (exact) mass is 465 g/mol. The van der Waals surface area contributed by atoms with E-state index in [1.54, 1.807) is 7.05 Å². The molecule has 26 heavy (non-hydrogen) atoms. The summed E-state index contributed by atoms with van der Waals surface area (Å²) in [6, 6.07) is 11.9. The molecule has 0 atom stereocenters. The lowest BCUT2D eigenvalue weighted by Crippen LogP contribution is -2.38. The second-order valence-electron chi connectivity index (χ2n) is 5.65. The molecular weight excluding hydrogens is 441 g/mol. The zero-order valence-electron chi connectivity index (χ0n) is 14.8. The van der Waals surface area contributed by atoms with E-state index in [1.807, 2.05) is 53.2 Å². The molecule has 0 unspecified atom stereocenters. The Morgan fingerprint density at radius 3 is 2.69 bits per heavy atom. The molecule has 0 aromatic carbocycles. The van der Waals surface area contributed by atoms with E-state index in [4.69, 9.17) is 0 Å². The largest absolute Gasteiger partial charge is 0.356 e. The number of aromatic nitrogens is 4. The first kappa shape index (κ1) is 20.1. The highest BCUT2D eigenvalue weighted by Gasteiger charge is 2.04. The Balaban J connectivity index is 0.00000243. The lowest BCUT2D eigenvalue weighted by molar-refractivity contribution is 0.711. The molecule has 3 aromatic heterocycles. The van der Waals surface area contributed by atoms with Crippen molar-refractivity contribution in [2.75, 3.05) is 20.1 Å². The normalized spacial score (nSPS) is 11.2. The third-order valence-corrected chi connectivity index (χ3v) is 3.88. The fraction of sp³-hybridized carbons (Fsp3) is 0.333. The number of hydrogen-bond donors (Lipinski definition) is 2. The zero-order chi connectivity index (χ0) is 17.3. The molecule has 8 heteroatoms. The van der Waals surface area contributed by atoms with Crippen LogP contribution in [0.5, 0.6) is 0 Å². The summed E-state index contributed by atoms with van der Waals surface area (Å²) in [4.78, 5) is 8.56. The summed E-state index contributed by atoms with van der Waals surface area (Å²) in [7, 11) is 1.78. The number of nitrogens with zero attached hydrogens (tertiary/aromatic N) is 5. The van der Waals surface area contributed by atoms with E-state index in [0.717, 1.165) is 55.5 Å². The van der Waals surface area contributed by atoms with Gasteiger partial charge in [-0.05, 0) is 30.7 Å². The zero-order valence-corrected chi connectivity index (χ0v) is 17.1. The Morgan fingerprint density at radius 1 is 1.04 bits per heavy atom. The SMILES string of the molecule is CN=C(NCCCc1nnc2ccccn12)NCCc1ccccn1.I. The number of fused-ring (bicyclic) bond motifs is 1. The van der Waals surface area contributed by atoms with Crippen LogP contribution in [0.15, 0.2) is 53.8 Å². The highest BCUT2D eigenvalue weighted by Crippen LogP contribution is 2.04. The van der Waals surface area contributed by atoms with Gasteiger partial charge in [0.1, 0.15) is 5.82 Å². The van der Waals surface area contributed by atoms with Crippen molar-refractivity contribution < 1.29 is 0 Å². The van der Waals surface area contributed by atoms with Crippen molar-refractivity contribution in [3.05, 3.63) is 60.3 Å². The molecule has 138 valence electrons. The fourth-order valence-corrected chi connectivity index (χ4v) is 2.59. The van der Waals surface area contributed by atoms with Gasteiger partial charge in [0.05, 0.1) is 0 Å². The predicted octanol–water partition coefficient (Wildman–Crippen LogP) is 2.08. The van der Waals surface area contributed by atoms with Gasteiger partial charge in [0.2, 0.25) is 0 Å². The van der Waals surface area contributed by atoms with Crippen molar-refractivity contribution in [3.63, 3.8) is 0 Å². The van der Waals surface area contributed by atoms with Crippen molar-refractivity contribution in [1.82, 2.24) is 30.2 Å². The van der Waals surface area contributed by atoms with E-state index < -0.39 is 0 Å². The maximum Gasteiger partial charge on any atom is 0.190 e. The molecule has 0 aliphatic rings. The van der Waals surface area contributed by atoms with E-state index in [1.165, 1.54) is 0 Å². The van der Waals surface area contributed by atoms with Crippen LogP contribution in [-0.4, -0.2) is 45.7 Å². The quantitative estimate of drug-likeness (QED) is 0.242. The Morgan fingerprint density at radius 2 is 1.88 bits per heavy atom. The lowest BCUT2D eigenvalue weighted by atomic mass is 10.3. The highest BCUT2D eigenvalue weighted by molar-refractivity contribution is 14.0. The Kier molecular flexibility index (Phi) is 8.26. The lowest BCUT2D eigenvalue weighted by Gasteiger charge is -2.11. The molecule has 7 nitrogen and oxygen atoms in total. The molecule has 0 fully saturated rings. The third-order valence-electron chi connectivity index (χ3n) is 3.88.